The van der Waals surface area contributed by atoms with Gasteiger partial charge in [0, 0.05) is 18.6 Å². The molecule has 0 aliphatic heterocycles. The zero-order valence-electron chi connectivity index (χ0n) is 21.0. The van der Waals surface area contributed by atoms with Gasteiger partial charge in [0.05, 0.1) is 18.6 Å². The highest BCUT2D eigenvalue weighted by Gasteiger charge is 2.29. The molecule has 0 aliphatic carbocycles. The average Bonchev–Trinajstić information content (AvgIpc) is 2.81. The van der Waals surface area contributed by atoms with E-state index >= 15 is 0 Å². The molecule has 35 heavy (non-hydrogen) atoms. The number of esters is 3. The molecule has 0 aromatic heterocycles. The molecule has 1 N–H and O–H groups in total. The van der Waals surface area contributed by atoms with Gasteiger partial charge in [-0.1, -0.05) is 20.3 Å². The summed E-state index contributed by atoms with van der Waals surface area (Å²) in [5.41, 5.74) is -0.760. The number of unbranched alkanes of at least 4 members (excludes halogenated alkanes) is 3. The minimum absolute atomic E-state index is 0.0647. The van der Waals surface area contributed by atoms with Crippen molar-refractivity contribution in [1.82, 2.24) is 0 Å². The molecule has 11 nitrogen and oxygen atoms in total. The van der Waals surface area contributed by atoms with E-state index in [1.807, 2.05) is 13.8 Å². The van der Waals surface area contributed by atoms with Crippen molar-refractivity contribution < 1.29 is 52.8 Å². The molecular weight excluding hydrogens is 464 g/mol. The molecule has 0 aromatic rings. The summed E-state index contributed by atoms with van der Waals surface area (Å²) in [6.07, 6.45) is 3.46. The second-order valence-corrected chi connectivity index (χ2v) is 8.36. The number of hydrogen-bond acceptors (Lipinski definition) is 10. The second-order valence-electron chi connectivity index (χ2n) is 8.36. The number of carboxylic acids is 1. The van der Waals surface area contributed by atoms with Gasteiger partial charge in [-0.2, -0.15) is 0 Å². The third kappa shape index (κ3) is 17.0. The lowest BCUT2D eigenvalue weighted by Crippen LogP contribution is -2.34. The fraction of sp³-hybridized carbons (Fsp3) is 0.708. The quantitative estimate of drug-likeness (QED) is 0.127. The zero-order valence-corrected chi connectivity index (χ0v) is 21.0. The Balaban J connectivity index is 4.43. The van der Waals surface area contributed by atoms with Crippen molar-refractivity contribution in [2.75, 3.05) is 26.4 Å². The van der Waals surface area contributed by atoms with Crippen LogP contribution in [0.1, 0.15) is 72.6 Å². The molecule has 1 atom stereocenters. The van der Waals surface area contributed by atoms with Gasteiger partial charge in [0.25, 0.3) is 0 Å². The van der Waals surface area contributed by atoms with Crippen molar-refractivity contribution in [1.29, 1.82) is 0 Å². The number of carbonyl (C=O) groups is 5. The van der Waals surface area contributed by atoms with Crippen molar-refractivity contribution >= 4 is 30.0 Å². The third-order valence-electron chi connectivity index (χ3n) is 4.87. The Bertz CT molecular complexity index is 712. The van der Waals surface area contributed by atoms with Crippen LogP contribution in [0.3, 0.4) is 0 Å². The highest BCUT2D eigenvalue weighted by Crippen LogP contribution is 2.21. The van der Waals surface area contributed by atoms with Crippen molar-refractivity contribution in [2.45, 2.75) is 78.7 Å². The van der Waals surface area contributed by atoms with E-state index < -0.39 is 48.8 Å². The minimum Gasteiger partial charge on any atom is -0.478 e. The van der Waals surface area contributed by atoms with E-state index in [4.69, 9.17) is 28.8 Å². The molecule has 0 aliphatic rings. The van der Waals surface area contributed by atoms with Gasteiger partial charge in [0.2, 0.25) is 0 Å². The van der Waals surface area contributed by atoms with Gasteiger partial charge in [0.1, 0.15) is 13.2 Å². The summed E-state index contributed by atoms with van der Waals surface area (Å²) in [6.45, 7) is 6.83. The van der Waals surface area contributed by atoms with E-state index in [-0.39, 0.29) is 12.6 Å². The van der Waals surface area contributed by atoms with Gasteiger partial charge in [-0.3, -0.25) is 9.59 Å². The molecule has 0 aromatic carbocycles. The Kier molecular flexibility index (Phi) is 16.6. The topological polar surface area (TPSA) is 152 Å². The minimum atomic E-state index is -1.34. The standard InChI is InChI=1S/C24H38O11/c1-5-7-14-31-20(27)11-9-8-10-15-32-23(30)34-17-18(35-21(28)13-12-19(25)26)16-33-22(29)24(3,4)6-2/h12-13,18H,5-11,14-17H2,1-4H3,(H,25,26)/b13-12-. The van der Waals surface area contributed by atoms with Crippen molar-refractivity contribution in [3.05, 3.63) is 12.2 Å². The Labute approximate surface area is 206 Å². The summed E-state index contributed by atoms with van der Waals surface area (Å²) < 4.78 is 25.1. The Morgan fingerprint density at radius 1 is 0.829 bits per heavy atom. The molecule has 0 rings (SSSR count). The Morgan fingerprint density at radius 3 is 2.11 bits per heavy atom. The number of ether oxygens (including phenoxy) is 5. The van der Waals surface area contributed by atoms with Crippen molar-refractivity contribution in [2.24, 2.45) is 5.41 Å². The van der Waals surface area contributed by atoms with Gasteiger partial charge in [-0.25, -0.2) is 14.4 Å². The maximum Gasteiger partial charge on any atom is 0.508 e. The number of hydrogen-bond donors (Lipinski definition) is 1. The van der Waals surface area contributed by atoms with E-state index in [0.717, 1.165) is 12.8 Å². The molecule has 0 radical (unpaired) electrons. The van der Waals surface area contributed by atoms with E-state index in [9.17, 15) is 24.0 Å². The first kappa shape index (κ1) is 31.9. The van der Waals surface area contributed by atoms with Gasteiger partial charge >= 0.3 is 30.0 Å². The molecule has 0 spiro atoms. The van der Waals surface area contributed by atoms with E-state index in [1.54, 1.807) is 13.8 Å². The van der Waals surface area contributed by atoms with E-state index in [0.29, 0.717) is 50.9 Å². The normalized spacial score (nSPS) is 12.0. The number of carboxylic acid groups (broad SMARTS) is 1. The first-order valence-electron chi connectivity index (χ1n) is 11.8. The third-order valence-corrected chi connectivity index (χ3v) is 4.87. The molecule has 0 bridgehead atoms. The molecule has 200 valence electrons. The van der Waals surface area contributed by atoms with Crippen LogP contribution in [-0.2, 0) is 42.9 Å². The van der Waals surface area contributed by atoms with E-state index in [2.05, 4.69) is 0 Å². The van der Waals surface area contributed by atoms with Crippen molar-refractivity contribution in [3.63, 3.8) is 0 Å². The Hall–Kier alpha value is -3.11. The summed E-state index contributed by atoms with van der Waals surface area (Å²) in [7, 11) is 0. The van der Waals surface area contributed by atoms with Crippen LogP contribution in [-0.4, -0.2) is 67.7 Å². The number of aliphatic carboxylic acids is 1. The monoisotopic (exact) mass is 502 g/mol. The summed E-state index contributed by atoms with van der Waals surface area (Å²) in [5, 5.41) is 8.60. The largest absolute Gasteiger partial charge is 0.508 e. The smallest absolute Gasteiger partial charge is 0.478 e. The summed E-state index contributed by atoms with van der Waals surface area (Å²) >= 11 is 0. The maximum atomic E-state index is 12.2. The summed E-state index contributed by atoms with van der Waals surface area (Å²) in [6, 6.07) is 0. The van der Waals surface area contributed by atoms with Gasteiger partial charge in [-0.15, -0.1) is 0 Å². The molecule has 0 heterocycles. The summed E-state index contributed by atoms with van der Waals surface area (Å²) in [5.74, 6) is -3.13. The van der Waals surface area contributed by atoms with Gasteiger partial charge in [0.15, 0.2) is 6.10 Å². The molecule has 0 saturated carbocycles. The summed E-state index contributed by atoms with van der Waals surface area (Å²) in [4.78, 5) is 57.8. The highest BCUT2D eigenvalue weighted by atomic mass is 16.7. The van der Waals surface area contributed by atoms with Crippen LogP contribution in [0.2, 0.25) is 0 Å². The maximum absolute atomic E-state index is 12.2. The molecule has 1 unspecified atom stereocenters. The fourth-order valence-electron chi connectivity index (χ4n) is 2.28. The number of carbonyl (C=O) groups excluding carboxylic acids is 4. The molecule has 0 fully saturated rings. The first-order chi connectivity index (χ1) is 16.5. The number of rotatable bonds is 18. The van der Waals surface area contributed by atoms with Crippen molar-refractivity contribution in [3.8, 4) is 0 Å². The molecular formula is C24H38O11. The van der Waals surface area contributed by atoms with Gasteiger partial charge < -0.3 is 28.8 Å². The highest BCUT2D eigenvalue weighted by molar-refractivity contribution is 5.90. The first-order valence-corrected chi connectivity index (χ1v) is 11.8. The molecule has 0 saturated heterocycles. The molecule has 0 amide bonds. The lowest BCUT2D eigenvalue weighted by atomic mass is 9.91. The predicted molar refractivity (Wildman–Crippen MR) is 123 cm³/mol. The zero-order chi connectivity index (χ0) is 26.7. The van der Waals surface area contributed by atoms with E-state index in [1.165, 1.54) is 0 Å². The predicted octanol–water partition coefficient (Wildman–Crippen LogP) is 3.58. The van der Waals surface area contributed by atoms with Crippen LogP contribution in [0.4, 0.5) is 4.79 Å². The molecule has 11 heteroatoms. The van der Waals surface area contributed by atoms with Crippen LogP contribution in [0.15, 0.2) is 12.2 Å². The Morgan fingerprint density at radius 2 is 1.49 bits per heavy atom. The van der Waals surface area contributed by atoms with Crippen LogP contribution < -0.4 is 0 Å². The lowest BCUT2D eigenvalue weighted by molar-refractivity contribution is -0.164. The SMILES string of the molecule is CCCCOC(=O)CCCCCOC(=O)OCC(COC(=O)C(C)(C)CC)OC(=O)/C=C\C(=O)O. The lowest BCUT2D eigenvalue weighted by Gasteiger charge is -2.23. The average molecular weight is 503 g/mol. The van der Waals surface area contributed by atoms with Crippen LogP contribution in [0.25, 0.3) is 0 Å². The van der Waals surface area contributed by atoms with Gasteiger partial charge in [-0.05, 0) is 46.0 Å². The van der Waals surface area contributed by atoms with Crippen LogP contribution >= 0.6 is 0 Å². The fourth-order valence-corrected chi connectivity index (χ4v) is 2.28. The van der Waals surface area contributed by atoms with Crippen LogP contribution in [0.5, 0.6) is 0 Å². The second kappa shape index (κ2) is 18.2. The van der Waals surface area contributed by atoms with Crippen LogP contribution in [0, 0.1) is 5.41 Å².